The second-order valence-corrected chi connectivity index (χ2v) is 7.92. The first-order valence-corrected chi connectivity index (χ1v) is 10.4. The average Bonchev–Trinajstić information content (AvgIpc) is 3.59. The smallest absolute Gasteiger partial charge is 0.310 e. The van der Waals surface area contributed by atoms with Crippen LogP contribution in [0.5, 0.6) is 5.75 Å². The van der Waals surface area contributed by atoms with E-state index in [1.807, 2.05) is 19.1 Å². The highest BCUT2D eigenvalue weighted by molar-refractivity contribution is 5.97. The molecule has 5 nitrogen and oxygen atoms in total. The molecule has 32 heavy (non-hydrogen) atoms. The van der Waals surface area contributed by atoms with E-state index in [-0.39, 0.29) is 17.7 Å². The van der Waals surface area contributed by atoms with Gasteiger partial charge < -0.3 is 14.8 Å². The van der Waals surface area contributed by atoms with E-state index in [0.29, 0.717) is 23.4 Å². The van der Waals surface area contributed by atoms with Crippen LogP contribution in [-0.4, -0.2) is 19.0 Å². The summed E-state index contributed by atoms with van der Waals surface area (Å²) in [6.07, 6.45) is -0.498. The predicted molar refractivity (Wildman–Crippen MR) is 119 cm³/mol. The minimum Gasteiger partial charge on any atom is -0.495 e. The molecule has 0 bridgehead atoms. The molecule has 0 saturated heterocycles. The third-order valence-corrected chi connectivity index (χ3v) is 5.58. The van der Waals surface area contributed by atoms with Crippen LogP contribution in [0.15, 0.2) is 72.8 Å². The van der Waals surface area contributed by atoms with Gasteiger partial charge in [0.1, 0.15) is 11.6 Å². The molecule has 0 spiro atoms. The molecule has 1 aliphatic carbocycles. The number of hydrogen-bond donors (Lipinski definition) is 1. The zero-order chi connectivity index (χ0) is 22.7. The van der Waals surface area contributed by atoms with Crippen LogP contribution in [-0.2, 0) is 14.3 Å². The number of aryl methyl sites for hydroxylation is 1. The number of anilines is 1. The quantitative estimate of drug-likeness (QED) is 0.522. The van der Waals surface area contributed by atoms with Crippen LogP contribution in [0.3, 0.4) is 0 Å². The summed E-state index contributed by atoms with van der Waals surface area (Å²) >= 11 is 0. The Bertz CT molecular complexity index is 1110. The second-order valence-electron chi connectivity index (χ2n) is 7.92. The van der Waals surface area contributed by atoms with Gasteiger partial charge in [0.15, 0.2) is 0 Å². The number of hydrogen-bond acceptors (Lipinski definition) is 4. The normalized spacial score (nSPS) is 17.8. The van der Waals surface area contributed by atoms with Gasteiger partial charge in [-0.15, -0.1) is 0 Å². The van der Waals surface area contributed by atoms with Crippen molar-refractivity contribution in [1.29, 1.82) is 0 Å². The summed E-state index contributed by atoms with van der Waals surface area (Å²) in [5.74, 6) is -1.10. The first-order valence-electron chi connectivity index (χ1n) is 10.4. The number of ether oxygens (including phenoxy) is 2. The van der Waals surface area contributed by atoms with Crippen LogP contribution in [0, 0.1) is 18.7 Å². The summed E-state index contributed by atoms with van der Waals surface area (Å²) in [4.78, 5) is 26.0. The van der Waals surface area contributed by atoms with Gasteiger partial charge in [0.05, 0.1) is 18.7 Å². The number of nitrogens with one attached hydrogen (secondary N) is 1. The van der Waals surface area contributed by atoms with Gasteiger partial charge >= 0.3 is 5.97 Å². The number of carbonyl (C=O) groups is 2. The fourth-order valence-corrected chi connectivity index (χ4v) is 3.76. The van der Waals surface area contributed by atoms with Crippen LogP contribution in [0.4, 0.5) is 10.1 Å². The topological polar surface area (TPSA) is 64.6 Å². The van der Waals surface area contributed by atoms with Gasteiger partial charge in [-0.1, -0.05) is 48.5 Å². The van der Waals surface area contributed by atoms with Crippen LogP contribution < -0.4 is 10.1 Å². The molecule has 4 rings (SSSR count). The van der Waals surface area contributed by atoms with Crippen molar-refractivity contribution in [3.05, 3.63) is 95.3 Å². The van der Waals surface area contributed by atoms with Crippen molar-refractivity contribution < 1.29 is 23.5 Å². The van der Waals surface area contributed by atoms with Crippen molar-refractivity contribution in [2.24, 2.45) is 5.92 Å². The lowest BCUT2D eigenvalue weighted by atomic mass is 10.1. The van der Waals surface area contributed by atoms with E-state index >= 15 is 0 Å². The Morgan fingerprint density at radius 3 is 2.44 bits per heavy atom. The fraction of sp³-hybridized carbons (Fsp3) is 0.231. The van der Waals surface area contributed by atoms with Crippen molar-refractivity contribution >= 4 is 17.6 Å². The number of methoxy groups -OCH3 is 1. The molecule has 1 amide bonds. The average molecular weight is 433 g/mol. The number of esters is 1. The van der Waals surface area contributed by atoms with Gasteiger partial charge in [-0.3, -0.25) is 9.59 Å². The Kier molecular flexibility index (Phi) is 6.21. The summed E-state index contributed by atoms with van der Waals surface area (Å²) in [7, 11) is 1.53. The molecule has 1 fully saturated rings. The molecular formula is C26H24FNO4. The van der Waals surface area contributed by atoms with E-state index in [2.05, 4.69) is 5.32 Å². The maximum absolute atomic E-state index is 13.2. The molecular weight excluding hydrogens is 409 g/mol. The maximum Gasteiger partial charge on any atom is 0.310 e. The third-order valence-electron chi connectivity index (χ3n) is 5.58. The highest BCUT2D eigenvalue weighted by atomic mass is 19.1. The molecule has 0 aliphatic heterocycles. The first kappa shape index (κ1) is 21.6. The molecule has 0 radical (unpaired) electrons. The van der Waals surface area contributed by atoms with E-state index in [9.17, 15) is 14.0 Å². The second kappa shape index (κ2) is 9.22. The fourth-order valence-electron chi connectivity index (χ4n) is 3.76. The Morgan fingerprint density at radius 2 is 1.75 bits per heavy atom. The lowest BCUT2D eigenvalue weighted by Crippen LogP contribution is -2.26. The van der Waals surface area contributed by atoms with E-state index in [1.165, 1.54) is 19.2 Å². The number of benzene rings is 3. The predicted octanol–water partition coefficient (Wildman–Crippen LogP) is 5.17. The van der Waals surface area contributed by atoms with Gasteiger partial charge in [0.25, 0.3) is 5.91 Å². The van der Waals surface area contributed by atoms with Gasteiger partial charge in [-0.2, -0.15) is 0 Å². The SMILES string of the molecule is COc1ccc(C)cc1NC(=O)C(OC(=O)C1CC1c1ccc(F)cc1)c1ccccc1. The van der Waals surface area contributed by atoms with E-state index in [1.54, 1.807) is 48.5 Å². The minimum atomic E-state index is -1.11. The van der Waals surface area contributed by atoms with Crippen molar-refractivity contribution in [1.82, 2.24) is 0 Å². The van der Waals surface area contributed by atoms with Crippen LogP contribution >= 0.6 is 0 Å². The molecule has 0 aromatic heterocycles. The molecule has 3 aromatic rings. The molecule has 164 valence electrons. The van der Waals surface area contributed by atoms with Crippen LogP contribution in [0.1, 0.15) is 35.1 Å². The molecule has 0 heterocycles. The van der Waals surface area contributed by atoms with E-state index < -0.39 is 18.0 Å². The molecule has 6 heteroatoms. The lowest BCUT2D eigenvalue weighted by molar-refractivity contribution is -0.156. The van der Waals surface area contributed by atoms with E-state index in [0.717, 1.165) is 11.1 Å². The lowest BCUT2D eigenvalue weighted by Gasteiger charge is -2.19. The number of amides is 1. The number of carbonyl (C=O) groups excluding carboxylic acids is 2. The van der Waals surface area contributed by atoms with Crippen molar-refractivity contribution in [2.45, 2.75) is 25.4 Å². The summed E-state index contributed by atoms with van der Waals surface area (Å²) in [5, 5.41) is 2.83. The minimum absolute atomic E-state index is 0.0283. The summed E-state index contributed by atoms with van der Waals surface area (Å²) < 4.78 is 24.2. The summed E-state index contributed by atoms with van der Waals surface area (Å²) in [5.41, 5.74) is 2.92. The maximum atomic E-state index is 13.2. The Labute approximate surface area is 186 Å². The van der Waals surface area contributed by atoms with Gasteiger partial charge in [0.2, 0.25) is 6.10 Å². The molecule has 3 atom stereocenters. The van der Waals surface area contributed by atoms with E-state index in [4.69, 9.17) is 9.47 Å². The Morgan fingerprint density at radius 1 is 1.03 bits per heavy atom. The van der Waals surface area contributed by atoms with Gasteiger partial charge in [-0.25, -0.2) is 4.39 Å². The number of rotatable bonds is 7. The standard InChI is InChI=1S/C26H24FNO4/c1-16-8-13-23(31-2)22(14-16)28-25(29)24(18-6-4-3-5-7-18)32-26(30)21-15-20(21)17-9-11-19(27)12-10-17/h3-14,20-21,24H,15H2,1-2H3,(H,28,29). The molecule has 1 N–H and O–H groups in total. The van der Waals surface area contributed by atoms with Crippen molar-refractivity contribution in [3.8, 4) is 5.75 Å². The van der Waals surface area contributed by atoms with Crippen molar-refractivity contribution in [3.63, 3.8) is 0 Å². The molecule has 3 unspecified atom stereocenters. The summed E-state index contributed by atoms with van der Waals surface area (Å²) in [6.45, 7) is 1.91. The Balaban J connectivity index is 1.52. The summed E-state index contributed by atoms with van der Waals surface area (Å²) in [6, 6.07) is 20.5. The highest BCUT2D eigenvalue weighted by Crippen LogP contribution is 2.48. The third kappa shape index (κ3) is 4.80. The largest absolute Gasteiger partial charge is 0.495 e. The molecule has 1 aliphatic rings. The monoisotopic (exact) mass is 433 g/mol. The highest BCUT2D eigenvalue weighted by Gasteiger charge is 2.46. The Hall–Kier alpha value is -3.67. The first-order chi connectivity index (χ1) is 15.5. The van der Waals surface area contributed by atoms with Crippen LogP contribution in [0.2, 0.25) is 0 Å². The van der Waals surface area contributed by atoms with Gasteiger partial charge in [0, 0.05) is 5.56 Å². The molecule has 3 aromatic carbocycles. The zero-order valence-electron chi connectivity index (χ0n) is 17.9. The van der Waals surface area contributed by atoms with Crippen LogP contribution in [0.25, 0.3) is 0 Å². The number of halogens is 1. The van der Waals surface area contributed by atoms with Gasteiger partial charge in [-0.05, 0) is 54.7 Å². The molecule has 1 saturated carbocycles. The zero-order valence-corrected chi connectivity index (χ0v) is 17.9. The van der Waals surface area contributed by atoms with Crippen molar-refractivity contribution in [2.75, 3.05) is 12.4 Å².